The van der Waals surface area contributed by atoms with E-state index in [0.717, 1.165) is 10.1 Å². The number of nitrogens with one attached hydrogen (secondary N) is 1. The van der Waals surface area contributed by atoms with Crippen LogP contribution in [0.2, 0.25) is 0 Å². The predicted molar refractivity (Wildman–Crippen MR) is 50.0 cm³/mol. The van der Waals surface area contributed by atoms with Gasteiger partial charge in [0.25, 0.3) is 0 Å². The van der Waals surface area contributed by atoms with Gasteiger partial charge in [0.1, 0.15) is 5.82 Å². The Morgan fingerprint density at radius 2 is 2.43 bits per heavy atom. The zero-order valence-corrected chi connectivity index (χ0v) is 8.00. The summed E-state index contributed by atoms with van der Waals surface area (Å²) in [4.78, 5) is 3.83. The fourth-order valence-electron chi connectivity index (χ4n) is 1.05. The third-order valence-corrected chi connectivity index (χ3v) is 1.67. The number of hydrogen-bond donors (Lipinski definition) is 1. The number of alkyl halides is 2. The number of hydrogen-bond acceptors (Lipinski definition) is 2. The van der Waals surface area contributed by atoms with Crippen LogP contribution in [0.25, 0.3) is 0 Å². The zero-order chi connectivity index (χ0) is 10.6. The summed E-state index contributed by atoms with van der Waals surface area (Å²) >= 11 is 0. The van der Waals surface area contributed by atoms with Gasteiger partial charge in [0.05, 0.1) is 6.54 Å². The molecule has 5 heteroatoms. The summed E-state index contributed by atoms with van der Waals surface area (Å²) in [7, 11) is 0. The molecule has 0 spiro atoms. The van der Waals surface area contributed by atoms with Gasteiger partial charge in [0, 0.05) is 18.9 Å². The van der Waals surface area contributed by atoms with Crippen LogP contribution < -0.4 is 5.32 Å². The summed E-state index contributed by atoms with van der Waals surface area (Å²) < 4.78 is 25.5. The first-order chi connectivity index (χ1) is 6.61. The molecule has 1 aromatic rings. The molecule has 0 aliphatic rings. The van der Waals surface area contributed by atoms with Gasteiger partial charge in [-0.1, -0.05) is 12.2 Å². The van der Waals surface area contributed by atoms with Crippen molar-refractivity contribution in [3.63, 3.8) is 0 Å². The maximum atomic E-state index is 12.3. The number of nitrogens with zero attached hydrogens (tertiary/aromatic N) is 2. The Labute approximate surface area is 81.5 Å². The molecule has 1 aromatic heterocycles. The van der Waals surface area contributed by atoms with E-state index >= 15 is 0 Å². The summed E-state index contributed by atoms with van der Waals surface area (Å²) in [5, 5.41) is 2.97. The van der Waals surface area contributed by atoms with Crippen LogP contribution in [0.3, 0.4) is 0 Å². The van der Waals surface area contributed by atoms with Crippen LogP contribution in [-0.2, 0) is 6.54 Å². The molecule has 0 atom stereocenters. The van der Waals surface area contributed by atoms with E-state index in [1.807, 2.05) is 6.92 Å². The monoisotopic (exact) mass is 201 g/mol. The average molecular weight is 201 g/mol. The van der Waals surface area contributed by atoms with Gasteiger partial charge in [0.15, 0.2) is 0 Å². The fourth-order valence-corrected chi connectivity index (χ4v) is 1.05. The highest BCUT2D eigenvalue weighted by atomic mass is 19.3. The van der Waals surface area contributed by atoms with Crippen LogP contribution in [0.15, 0.2) is 24.5 Å². The third-order valence-electron chi connectivity index (χ3n) is 1.67. The van der Waals surface area contributed by atoms with Crippen molar-refractivity contribution in [2.45, 2.75) is 20.0 Å². The first kappa shape index (κ1) is 10.8. The topological polar surface area (TPSA) is 29.9 Å². The first-order valence-electron chi connectivity index (χ1n) is 4.26. The van der Waals surface area contributed by atoms with Gasteiger partial charge in [-0.3, -0.25) is 4.57 Å². The van der Waals surface area contributed by atoms with Crippen molar-refractivity contribution in [1.29, 1.82) is 0 Å². The van der Waals surface area contributed by atoms with Crippen molar-refractivity contribution in [2.75, 3.05) is 6.54 Å². The predicted octanol–water partition coefficient (Wildman–Crippen LogP) is 1.94. The second-order valence-corrected chi connectivity index (χ2v) is 3.09. The molecule has 1 rings (SSSR count). The maximum Gasteiger partial charge on any atom is 0.319 e. The maximum absolute atomic E-state index is 12.3. The lowest BCUT2D eigenvalue weighted by Crippen LogP contribution is -2.18. The normalized spacial score (nSPS) is 10.9. The molecule has 0 aliphatic heterocycles. The first-order valence-corrected chi connectivity index (χ1v) is 4.26. The van der Waals surface area contributed by atoms with Crippen molar-refractivity contribution in [3.05, 3.63) is 30.4 Å². The van der Waals surface area contributed by atoms with Crippen molar-refractivity contribution in [3.8, 4) is 0 Å². The molecule has 3 nitrogen and oxygen atoms in total. The highest BCUT2D eigenvalue weighted by molar-refractivity contribution is 4.95. The van der Waals surface area contributed by atoms with Gasteiger partial charge >= 0.3 is 6.55 Å². The molecule has 0 radical (unpaired) electrons. The van der Waals surface area contributed by atoms with E-state index in [1.54, 1.807) is 0 Å². The van der Waals surface area contributed by atoms with Crippen molar-refractivity contribution in [1.82, 2.24) is 14.9 Å². The van der Waals surface area contributed by atoms with Gasteiger partial charge in [-0.05, 0) is 6.92 Å². The Morgan fingerprint density at radius 3 is 3.00 bits per heavy atom. The highest BCUT2D eigenvalue weighted by Crippen LogP contribution is 2.11. The minimum absolute atomic E-state index is 0.324. The number of imidazole rings is 1. The minimum Gasteiger partial charge on any atom is -0.306 e. The lowest BCUT2D eigenvalue weighted by Gasteiger charge is -2.07. The molecular weight excluding hydrogens is 188 g/mol. The molecule has 0 saturated carbocycles. The third kappa shape index (κ3) is 2.92. The molecule has 78 valence electrons. The average Bonchev–Trinajstić information content (AvgIpc) is 2.51. The van der Waals surface area contributed by atoms with E-state index in [9.17, 15) is 8.78 Å². The molecular formula is C9H13F2N3. The van der Waals surface area contributed by atoms with Crippen LogP contribution in [0.5, 0.6) is 0 Å². The van der Waals surface area contributed by atoms with E-state index in [0.29, 0.717) is 18.9 Å². The van der Waals surface area contributed by atoms with E-state index in [1.165, 1.54) is 12.4 Å². The molecule has 0 saturated heterocycles. The number of aromatic nitrogens is 2. The Morgan fingerprint density at radius 1 is 1.71 bits per heavy atom. The van der Waals surface area contributed by atoms with Gasteiger partial charge in [-0.2, -0.15) is 8.78 Å². The lowest BCUT2D eigenvalue weighted by atomic mass is 10.3. The van der Waals surface area contributed by atoms with Gasteiger partial charge in [0.2, 0.25) is 0 Å². The van der Waals surface area contributed by atoms with Crippen molar-refractivity contribution in [2.24, 2.45) is 0 Å². The molecule has 14 heavy (non-hydrogen) atoms. The second-order valence-electron chi connectivity index (χ2n) is 3.09. The standard InChI is InChI=1S/C9H13F2N3/c1-7(2)5-12-6-8-13-3-4-14(8)9(10)11/h3-4,9,12H,1,5-6H2,2H3. The fraction of sp³-hybridized carbons (Fsp3) is 0.444. The Kier molecular flexibility index (Phi) is 3.76. The Hall–Kier alpha value is -1.23. The summed E-state index contributed by atoms with van der Waals surface area (Å²) in [5.74, 6) is 0.334. The van der Waals surface area contributed by atoms with Crippen LogP contribution >= 0.6 is 0 Å². The van der Waals surface area contributed by atoms with Gasteiger partial charge in [-0.25, -0.2) is 4.98 Å². The van der Waals surface area contributed by atoms with Crippen LogP contribution in [0, 0.1) is 0 Å². The van der Waals surface area contributed by atoms with Crippen LogP contribution in [-0.4, -0.2) is 16.1 Å². The molecule has 1 N–H and O–H groups in total. The highest BCUT2D eigenvalue weighted by Gasteiger charge is 2.10. The second kappa shape index (κ2) is 4.85. The summed E-state index contributed by atoms with van der Waals surface area (Å²) in [5.41, 5.74) is 0.958. The largest absolute Gasteiger partial charge is 0.319 e. The summed E-state index contributed by atoms with van der Waals surface area (Å²) in [6.07, 6.45) is 2.63. The molecule has 0 aromatic carbocycles. The molecule has 1 heterocycles. The molecule has 0 fully saturated rings. The Bertz CT molecular complexity index is 307. The summed E-state index contributed by atoms with van der Waals surface area (Å²) in [6.45, 7) is 3.96. The molecule has 0 bridgehead atoms. The molecule has 0 amide bonds. The Balaban J connectivity index is 2.50. The zero-order valence-electron chi connectivity index (χ0n) is 8.00. The van der Waals surface area contributed by atoms with Crippen molar-refractivity contribution < 1.29 is 8.78 Å². The molecule has 0 unspecified atom stereocenters. The van der Waals surface area contributed by atoms with E-state index in [4.69, 9.17) is 0 Å². The number of halogens is 2. The number of rotatable bonds is 5. The quantitative estimate of drug-likeness (QED) is 0.738. The van der Waals surface area contributed by atoms with Crippen LogP contribution in [0.4, 0.5) is 8.78 Å². The summed E-state index contributed by atoms with van der Waals surface area (Å²) in [6, 6.07) is 0. The van der Waals surface area contributed by atoms with Gasteiger partial charge in [-0.15, -0.1) is 0 Å². The van der Waals surface area contributed by atoms with E-state index in [2.05, 4.69) is 16.9 Å². The molecule has 0 aliphatic carbocycles. The van der Waals surface area contributed by atoms with Gasteiger partial charge < -0.3 is 5.32 Å². The van der Waals surface area contributed by atoms with E-state index in [-0.39, 0.29) is 0 Å². The smallest absolute Gasteiger partial charge is 0.306 e. The SMILES string of the molecule is C=C(C)CNCc1nccn1C(F)F. The van der Waals surface area contributed by atoms with Crippen LogP contribution in [0.1, 0.15) is 19.3 Å². The van der Waals surface area contributed by atoms with E-state index < -0.39 is 6.55 Å². The van der Waals surface area contributed by atoms with Crippen molar-refractivity contribution >= 4 is 0 Å². The lowest BCUT2D eigenvalue weighted by molar-refractivity contribution is 0.0667. The minimum atomic E-state index is -2.53.